The van der Waals surface area contributed by atoms with Crippen LogP contribution in [0, 0.1) is 13.8 Å². The molecule has 0 fully saturated rings. The summed E-state index contributed by atoms with van der Waals surface area (Å²) in [5.41, 5.74) is 2.03. The Labute approximate surface area is 116 Å². The Morgan fingerprint density at radius 1 is 1.26 bits per heavy atom. The Morgan fingerprint density at radius 3 is 2.58 bits per heavy atom. The fourth-order valence-electron chi connectivity index (χ4n) is 1.95. The number of carbonyl (C=O) groups is 1. The molecule has 4 heteroatoms. The molecule has 2 rings (SSSR count). The lowest BCUT2D eigenvalue weighted by atomic mass is 10.1. The number of aromatic carboxylic acids is 1. The number of carboxylic acid groups (broad SMARTS) is 1. The van der Waals surface area contributed by atoms with Crippen molar-refractivity contribution in [2.75, 3.05) is 5.32 Å². The van der Waals surface area contributed by atoms with Crippen molar-refractivity contribution in [3.8, 4) is 0 Å². The molecule has 1 unspecified atom stereocenters. The number of thiophene rings is 1. The van der Waals surface area contributed by atoms with Crippen LogP contribution in [-0.4, -0.2) is 11.1 Å². The fraction of sp³-hybridized carbons (Fsp3) is 0.267. The molecule has 0 spiro atoms. The molecule has 0 radical (unpaired) electrons. The highest BCUT2D eigenvalue weighted by Crippen LogP contribution is 2.27. The van der Waals surface area contributed by atoms with Gasteiger partial charge in [0.05, 0.1) is 11.6 Å². The van der Waals surface area contributed by atoms with Crippen LogP contribution in [0.4, 0.5) is 5.69 Å². The van der Waals surface area contributed by atoms with Crippen molar-refractivity contribution in [3.63, 3.8) is 0 Å². The third kappa shape index (κ3) is 3.15. The zero-order valence-electron chi connectivity index (χ0n) is 11.2. The number of anilines is 1. The zero-order chi connectivity index (χ0) is 14.0. The summed E-state index contributed by atoms with van der Waals surface area (Å²) in [6.45, 7) is 6.06. The Kier molecular flexibility index (Phi) is 3.90. The SMILES string of the molecule is Cc1ccc(C(=O)O)c(NC(C)c2ccc(C)s2)c1. The first-order chi connectivity index (χ1) is 8.97. The van der Waals surface area contributed by atoms with Crippen LogP contribution >= 0.6 is 11.3 Å². The minimum atomic E-state index is -0.905. The molecule has 0 saturated heterocycles. The molecule has 0 amide bonds. The highest BCUT2D eigenvalue weighted by atomic mass is 32.1. The molecule has 19 heavy (non-hydrogen) atoms. The van der Waals surface area contributed by atoms with Crippen LogP contribution in [0.1, 0.15) is 38.6 Å². The van der Waals surface area contributed by atoms with Crippen LogP contribution in [0.5, 0.6) is 0 Å². The van der Waals surface area contributed by atoms with Crippen molar-refractivity contribution in [3.05, 3.63) is 51.2 Å². The normalized spacial score (nSPS) is 12.2. The van der Waals surface area contributed by atoms with Gasteiger partial charge in [-0.1, -0.05) is 6.07 Å². The Balaban J connectivity index is 2.27. The van der Waals surface area contributed by atoms with Crippen LogP contribution in [0.2, 0.25) is 0 Å². The number of hydrogen-bond acceptors (Lipinski definition) is 3. The molecule has 0 aliphatic carbocycles. The summed E-state index contributed by atoms with van der Waals surface area (Å²) in [6.07, 6.45) is 0. The molecule has 3 nitrogen and oxygen atoms in total. The summed E-state index contributed by atoms with van der Waals surface area (Å²) < 4.78 is 0. The predicted molar refractivity (Wildman–Crippen MR) is 79.2 cm³/mol. The lowest BCUT2D eigenvalue weighted by Gasteiger charge is -2.16. The van der Waals surface area contributed by atoms with E-state index in [4.69, 9.17) is 0 Å². The third-order valence-electron chi connectivity index (χ3n) is 2.97. The quantitative estimate of drug-likeness (QED) is 0.877. The van der Waals surface area contributed by atoms with Crippen LogP contribution in [0.3, 0.4) is 0 Å². The van der Waals surface area contributed by atoms with Crippen molar-refractivity contribution in [1.82, 2.24) is 0 Å². The van der Waals surface area contributed by atoms with Crippen molar-refractivity contribution < 1.29 is 9.90 Å². The zero-order valence-corrected chi connectivity index (χ0v) is 12.0. The highest BCUT2D eigenvalue weighted by Gasteiger charge is 2.14. The lowest BCUT2D eigenvalue weighted by molar-refractivity contribution is 0.0698. The maximum Gasteiger partial charge on any atom is 0.337 e. The topological polar surface area (TPSA) is 49.3 Å². The molecular formula is C15H17NO2S. The van der Waals surface area contributed by atoms with Gasteiger partial charge in [-0.2, -0.15) is 0 Å². The molecule has 100 valence electrons. The van der Waals surface area contributed by atoms with Crippen LogP contribution in [0.15, 0.2) is 30.3 Å². The summed E-state index contributed by atoms with van der Waals surface area (Å²) in [5.74, 6) is -0.905. The molecular weight excluding hydrogens is 258 g/mol. The van der Waals surface area contributed by atoms with E-state index in [0.29, 0.717) is 11.3 Å². The van der Waals surface area contributed by atoms with Gasteiger partial charge < -0.3 is 10.4 Å². The standard InChI is InChI=1S/C15H17NO2S/c1-9-4-6-12(15(17)18)13(8-9)16-11(3)14-7-5-10(2)19-14/h4-8,11,16H,1-3H3,(H,17,18). The maximum absolute atomic E-state index is 11.2. The van der Waals surface area contributed by atoms with E-state index in [1.165, 1.54) is 9.75 Å². The minimum Gasteiger partial charge on any atom is -0.478 e. The fourth-order valence-corrected chi connectivity index (χ4v) is 2.83. The second kappa shape index (κ2) is 5.45. The average molecular weight is 275 g/mol. The van der Waals surface area contributed by atoms with E-state index < -0.39 is 5.97 Å². The van der Waals surface area contributed by atoms with Crippen LogP contribution < -0.4 is 5.32 Å². The van der Waals surface area contributed by atoms with Crippen LogP contribution in [-0.2, 0) is 0 Å². The van der Waals surface area contributed by atoms with Crippen molar-refractivity contribution in [2.45, 2.75) is 26.8 Å². The summed E-state index contributed by atoms with van der Waals surface area (Å²) in [7, 11) is 0. The summed E-state index contributed by atoms with van der Waals surface area (Å²) in [4.78, 5) is 13.7. The van der Waals surface area contributed by atoms with Crippen molar-refractivity contribution in [1.29, 1.82) is 0 Å². The van der Waals surface area contributed by atoms with Gasteiger partial charge >= 0.3 is 5.97 Å². The molecule has 0 aliphatic rings. The first-order valence-corrected chi connectivity index (χ1v) is 6.96. The number of hydrogen-bond donors (Lipinski definition) is 2. The molecule has 1 atom stereocenters. The average Bonchev–Trinajstić information content (AvgIpc) is 2.75. The maximum atomic E-state index is 11.2. The van der Waals surface area contributed by atoms with Gasteiger partial charge in [0, 0.05) is 15.4 Å². The van der Waals surface area contributed by atoms with Gasteiger partial charge in [-0.15, -0.1) is 11.3 Å². The van der Waals surface area contributed by atoms with E-state index in [1.54, 1.807) is 17.4 Å². The van der Waals surface area contributed by atoms with Crippen molar-refractivity contribution >= 4 is 23.0 Å². The van der Waals surface area contributed by atoms with Gasteiger partial charge in [-0.25, -0.2) is 4.79 Å². The number of benzene rings is 1. The van der Waals surface area contributed by atoms with E-state index in [0.717, 1.165) is 5.56 Å². The largest absolute Gasteiger partial charge is 0.478 e. The second-order valence-electron chi connectivity index (χ2n) is 4.67. The lowest BCUT2D eigenvalue weighted by Crippen LogP contribution is -2.10. The molecule has 0 aliphatic heterocycles. The van der Waals surface area contributed by atoms with Crippen LogP contribution in [0.25, 0.3) is 0 Å². The summed E-state index contributed by atoms with van der Waals surface area (Å²) in [6, 6.07) is 9.58. The molecule has 1 aromatic carbocycles. The monoisotopic (exact) mass is 275 g/mol. The number of nitrogens with one attached hydrogen (secondary N) is 1. The van der Waals surface area contributed by atoms with Gasteiger partial charge in [0.15, 0.2) is 0 Å². The van der Waals surface area contributed by atoms with Gasteiger partial charge in [-0.3, -0.25) is 0 Å². The summed E-state index contributed by atoms with van der Waals surface area (Å²) >= 11 is 1.72. The third-order valence-corrected chi connectivity index (χ3v) is 4.15. The van der Waals surface area contributed by atoms with E-state index >= 15 is 0 Å². The molecule has 1 heterocycles. The van der Waals surface area contributed by atoms with Gasteiger partial charge in [0.1, 0.15) is 0 Å². The number of carboxylic acids is 1. The first-order valence-electron chi connectivity index (χ1n) is 6.14. The van der Waals surface area contributed by atoms with Gasteiger partial charge in [-0.05, 0) is 50.6 Å². The predicted octanol–water partition coefficient (Wildman–Crippen LogP) is 4.24. The van der Waals surface area contributed by atoms with Crippen molar-refractivity contribution in [2.24, 2.45) is 0 Å². The second-order valence-corrected chi connectivity index (χ2v) is 5.99. The smallest absolute Gasteiger partial charge is 0.337 e. The molecule has 1 aromatic heterocycles. The first kappa shape index (κ1) is 13.6. The van der Waals surface area contributed by atoms with E-state index in [1.807, 2.05) is 26.0 Å². The highest BCUT2D eigenvalue weighted by molar-refractivity contribution is 7.12. The van der Waals surface area contributed by atoms with Gasteiger partial charge in [0.25, 0.3) is 0 Å². The van der Waals surface area contributed by atoms with E-state index in [-0.39, 0.29) is 6.04 Å². The Hall–Kier alpha value is -1.81. The van der Waals surface area contributed by atoms with E-state index in [9.17, 15) is 9.90 Å². The molecule has 0 bridgehead atoms. The Morgan fingerprint density at radius 2 is 2.00 bits per heavy atom. The molecule has 0 saturated carbocycles. The summed E-state index contributed by atoms with van der Waals surface area (Å²) in [5, 5.41) is 12.5. The van der Waals surface area contributed by atoms with E-state index in [2.05, 4.69) is 24.4 Å². The molecule has 2 N–H and O–H groups in total. The van der Waals surface area contributed by atoms with Gasteiger partial charge in [0.2, 0.25) is 0 Å². The molecule has 2 aromatic rings. The minimum absolute atomic E-state index is 0.0959. The number of aryl methyl sites for hydroxylation is 2. The number of rotatable bonds is 4. The Bertz CT molecular complexity index is 604.